The molecule has 2 aromatic rings. The lowest BCUT2D eigenvalue weighted by molar-refractivity contribution is -0.133. The molecule has 1 aromatic heterocycles. The van der Waals surface area contributed by atoms with Crippen LogP contribution in [0.3, 0.4) is 0 Å². The van der Waals surface area contributed by atoms with Crippen LogP contribution in [0.1, 0.15) is 0 Å². The van der Waals surface area contributed by atoms with Gasteiger partial charge in [-0.25, -0.2) is 0 Å². The second-order valence-electron chi connectivity index (χ2n) is 3.54. The Morgan fingerprint density at radius 2 is 2.10 bits per heavy atom. The van der Waals surface area contributed by atoms with Gasteiger partial charge in [-0.3, -0.25) is 9.36 Å². The second kappa shape index (κ2) is 6.33. The molecule has 0 saturated heterocycles. The summed E-state index contributed by atoms with van der Waals surface area (Å²) in [5.41, 5.74) is 0.615. The van der Waals surface area contributed by atoms with Crippen molar-refractivity contribution in [2.24, 2.45) is 0 Å². The van der Waals surface area contributed by atoms with Gasteiger partial charge >= 0.3 is 12.6 Å². The molecule has 6 nitrogen and oxygen atoms in total. The van der Waals surface area contributed by atoms with E-state index in [4.69, 9.17) is 5.11 Å². The maximum absolute atomic E-state index is 12.0. The van der Waals surface area contributed by atoms with Gasteiger partial charge in [-0.15, -0.1) is 10.2 Å². The summed E-state index contributed by atoms with van der Waals surface area (Å²) in [7, 11) is 0. The molecule has 0 bridgehead atoms. The molecule has 0 unspecified atom stereocenters. The molecule has 2 rings (SSSR count). The highest BCUT2D eigenvalue weighted by atomic mass is 32.2. The number of aromatic nitrogens is 3. The third kappa shape index (κ3) is 3.67. The Kier molecular flexibility index (Phi) is 4.51. The number of rotatable bonds is 6. The van der Waals surface area contributed by atoms with E-state index >= 15 is 0 Å². The van der Waals surface area contributed by atoms with Gasteiger partial charge < -0.3 is 9.84 Å². The molecule has 0 aliphatic carbocycles. The highest BCUT2D eigenvalue weighted by molar-refractivity contribution is 7.99. The van der Waals surface area contributed by atoms with Gasteiger partial charge in [0.1, 0.15) is 12.1 Å². The summed E-state index contributed by atoms with van der Waals surface area (Å²) in [5.74, 6) is -1.08. The van der Waals surface area contributed by atoms with Crippen LogP contribution in [-0.2, 0) is 4.79 Å². The van der Waals surface area contributed by atoms with Crippen LogP contribution >= 0.6 is 11.8 Å². The van der Waals surface area contributed by atoms with E-state index in [9.17, 15) is 13.6 Å². The van der Waals surface area contributed by atoms with Gasteiger partial charge in [0.25, 0.3) is 0 Å². The molecule has 0 radical (unpaired) electrons. The Labute approximate surface area is 116 Å². The summed E-state index contributed by atoms with van der Waals surface area (Å²) in [6, 6.07) is 5.86. The number of benzene rings is 1. The van der Waals surface area contributed by atoms with E-state index in [0.29, 0.717) is 10.8 Å². The Balaban J connectivity index is 2.15. The Bertz CT molecular complexity index is 589. The van der Waals surface area contributed by atoms with Gasteiger partial charge in [0, 0.05) is 5.69 Å². The molecule has 1 aromatic carbocycles. The molecule has 0 aliphatic heterocycles. The van der Waals surface area contributed by atoms with Gasteiger partial charge in [0.05, 0.1) is 5.75 Å². The number of hydrogen-bond donors (Lipinski definition) is 1. The minimum absolute atomic E-state index is 0.0385. The summed E-state index contributed by atoms with van der Waals surface area (Å²) in [6.45, 7) is -2.88. The monoisotopic (exact) mass is 301 g/mol. The lowest BCUT2D eigenvalue weighted by Crippen LogP contribution is -2.03. The fourth-order valence-corrected chi connectivity index (χ4v) is 2.06. The van der Waals surface area contributed by atoms with E-state index in [-0.39, 0.29) is 11.5 Å². The number of alkyl halides is 2. The molecule has 9 heteroatoms. The average Bonchev–Trinajstić information content (AvgIpc) is 2.85. The summed E-state index contributed by atoms with van der Waals surface area (Å²) in [4.78, 5) is 10.5. The lowest BCUT2D eigenvalue weighted by atomic mass is 10.3. The van der Waals surface area contributed by atoms with E-state index in [2.05, 4.69) is 14.9 Å². The van der Waals surface area contributed by atoms with Crippen molar-refractivity contribution in [3.8, 4) is 11.4 Å². The Morgan fingerprint density at radius 3 is 2.70 bits per heavy atom. The summed E-state index contributed by atoms with van der Waals surface area (Å²) in [5, 5.41) is 16.5. The number of carboxylic acid groups (broad SMARTS) is 1. The van der Waals surface area contributed by atoms with Crippen LogP contribution in [0.2, 0.25) is 0 Å². The van der Waals surface area contributed by atoms with E-state index in [1.165, 1.54) is 18.5 Å². The number of ether oxygens (including phenoxy) is 1. The van der Waals surface area contributed by atoms with Crippen molar-refractivity contribution in [3.05, 3.63) is 30.6 Å². The van der Waals surface area contributed by atoms with Gasteiger partial charge in [0.15, 0.2) is 5.16 Å². The smallest absolute Gasteiger partial charge is 0.387 e. The van der Waals surface area contributed by atoms with Crippen molar-refractivity contribution in [2.45, 2.75) is 11.8 Å². The summed E-state index contributed by atoms with van der Waals surface area (Å²) < 4.78 is 29.9. The molecule has 0 saturated carbocycles. The Morgan fingerprint density at radius 1 is 1.40 bits per heavy atom. The first kappa shape index (κ1) is 14.3. The van der Waals surface area contributed by atoms with Crippen LogP contribution in [0, 0.1) is 0 Å². The number of thioether (sulfide) groups is 1. The molecule has 0 amide bonds. The van der Waals surface area contributed by atoms with Crippen LogP contribution in [0.15, 0.2) is 35.7 Å². The minimum Gasteiger partial charge on any atom is -0.481 e. The highest BCUT2D eigenvalue weighted by Crippen LogP contribution is 2.22. The van der Waals surface area contributed by atoms with Crippen LogP contribution in [0.25, 0.3) is 5.69 Å². The zero-order valence-electron chi connectivity index (χ0n) is 9.94. The van der Waals surface area contributed by atoms with E-state index in [1.807, 2.05) is 0 Å². The number of carboxylic acids is 1. The normalized spacial score (nSPS) is 10.8. The number of carbonyl (C=O) groups is 1. The van der Waals surface area contributed by atoms with Gasteiger partial charge in [-0.05, 0) is 24.3 Å². The number of nitrogens with zero attached hydrogens (tertiary/aromatic N) is 3. The van der Waals surface area contributed by atoms with E-state index in [1.54, 1.807) is 16.7 Å². The highest BCUT2D eigenvalue weighted by Gasteiger charge is 2.10. The minimum atomic E-state index is -2.88. The van der Waals surface area contributed by atoms with E-state index in [0.717, 1.165) is 11.8 Å². The Hall–Kier alpha value is -2.16. The number of halogens is 2. The molecule has 0 fully saturated rings. The van der Waals surface area contributed by atoms with Crippen LogP contribution in [-0.4, -0.2) is 38.2 Å². The van der Waals surface area contributed by atoms with Crippen molar-refractivity contribution in [1.82, 2.24) is 14.8 Å². The molecule has 0 atom stereocenters. The van der Waals surface area contributed by atoms with Crippen LogP contribution in [0.5, 0.6) is 5.75 Å². The second-order valence-corrected chi connectivity index (χ2v) is 4.48. The maximum Gasteiger partial charge on any atom is 0.387 e. The fraction of sp³-hybridized carbons (Fsp3) is 0.182. The first-order chi connectivity index (χ1) is 9.56. The van der Waals surface area contributed by atoms with Gasteiger partial charge in [-0.2, -0.15) is 8.78 Å². The van der Waals surface area contributed by atoms with Crippen LogP contribution in [0.4, 0.5) is 8.78 Å². The molecular weight excluding hydrogens is 292 g/mol. The zero-order valence-corrected chi connectivity index (χ0v) is 10.8. The predicted octanol–water partition coefficient (Wildman–Crippen LogP) is 2.05. The number of hydrogen-bond acceptors (Lipinski definition) is 5. The predicted molar refractivity (Wildman–Crippen MR) is 66.4 cm³/mol. The SMILES string of the molecule is O=C(O)CSc1nncn1-c1ccc(OC(F)F)cc1. The molecule has 0 spiro atoms. The third-order valence-electron chi connectivity index (χ3n) is 2.18. The lowest BCUT2D eigenvalue weighted by Gasteiger charge is -2.07. The maximum atomic E-state index is 12.0. The van der Waals surface area contributed by atoms with Crippen molar-refractivity contribution in [3.63, 3.8) is 0 Å². The summed E-state index contributed by atoms with van der Waals surface area (Å²) in [6.07, 6.45) is 1.41. The molecule has 1 heterocycles. The quantitative estimate of drug-likeness (QED) is 0.823. The standard InChI is InChI=1S/C11H9F2N3O3S/c12-10(13)19-8-3-1-7(2-4-8)16-6-14-15-11(16)20-5-9(17)18/h1-4,6,10H,5H2,(H,17,18). The first-order valence-corrected chi connectivity index (χ1v) is 6.34. The van der Waals surface area contributed by atoms with Crippen molar-refractivity contribution >= 4 is 17.7 Å². The van der Waals surface area contributed by atoms with Gasteiger partial charge in [-0.1, -0.05) is 11.8 Å². The zero-order chi connectivity index (χ0) is 14.5. The van der Waals surface area contributed by atoms with Gasteiger partial charge in [0.2, 0.25) is 0 Å². The van der Waals surface area contributed by atoms with Crippen molar-refractivity contribution < 1.29 is 23.4 Å². The summed E-state index contributed by atoms with van der Waals surface area (Å²) >= 11 is 1.01. The molecule has 106 valence electrons. The van der Waals surface area contributed by atoms with Crippen molar-refractivity contribution in [1.29, 1.82) is 0 Å². The first-order valence-electron chi connectivity index (χ1n) is 5.36. The number of aliphatic carboxylic acids is 1. The average molecular weight is 301 g/mol. The molecule has 1 N–H and O–H groups in total. The molecular formula is C11H9F2N3O3S. The largest absolute Gasteiger partial charge is 0.481 e. The van der Waals surface area contributed by atoms with E-state index < -0.39 is 12.6 Å². The topological polar surface area (TPSA) is 77.2 Å². The fourth-order valence-electron chi connectivity index (χ4n) is 1.41. The van der Waals surface area contributed by atoms with Crippen molar-refractivity contribution in [2.75, 3.05) is 5.75 Å². The molecule has 20 heavy (non-hydrogen) atoms. The van der Waals surface area contributed by atoms with Crippen LogP contribution < -0.4 is 4.74 Å². The molecule has 0 aliphatic rings. The third-order valence-corrected chi connectivity index (χ3v) is 3.11.